The molecule has 0 bridgehead atoms. The third-order valence-electron chi connectivity index (χ3n) is 4.43. The SMILES string of the molecule is CCOc1cc(NC(=O)c2ccco2)c(OCC)cc1NC(=O)CCc1ccccc1. The normalized spacial score (nSPS) is 10.4. The second-order valence-electron chi connectivity index (χ2n) is 6.68. The number of benzene rings is 2. The molecule has 3 rings (SSSR count). The van der Waals surface area contributed by atoms with Crippen molar-refractivity contribution in [2.75, 3.05) is 23.8 Å². The van der Waals surface area contributed by atoms with Gasteiger partial charge < -0.3 is 24.5 Å². The number of hydrogen-bond donors (Lipinski definition) is 2. The molecule has 0 aliphatic rings. The van der Waals surface area contributed by atoms with Crippen molar-refractivity contribution in [3.63, 3.8) is 0 Å². The number of ether oxygens (including phenoxy) is 2. The number of hydrogen-bond acceptors (Lipinski definition) is 5. The van der Waals surface area contributed by atoms with E-state index in [0.29, 0.717) is 48.9 Å². The molecular weight excluding hydrogens is 396 g/mol. The third-order valence-corrected chi connectivity index (χ3v) is 4.43. The van der Waals surface area contributed by atoms with Crippen LogP contribution in [0.25, 0.3) is 0 Å². The van der Waals surface area contributed by atoms with E-state index in [1.54, 1.807) is 24.3 Å². The van der Waals surface area contributed by atoms with Gasteiger partial charge in [0.15, 0.2) is 5.76 Å². The first-order valence-corrected chi connectivity index (χ1v) is 10.2. The van der Waals surface area contributed by atoms with Crippen LogP contribution in [0.3, 0.4) is 0 Å². The van der Waals surface area contributed by atoms with Gasteiger partial charge in [-0.1, -0.05) is 30.3 Å². The monoisotopic (exact) mass is 422 g/mol. The molecule has 0 atom stereocenters. The average Bonchev–Trinajstić information content (AvgIpc) is 3.31. The van der Waals surface area contributed by atoms with Gasteiger partial charge in [-0.3, -0.25) is 9.59 Å². The summed E-state index contributed by atoms with van der Waals surface area (Å²) in [5.41, 5.74) is 2.00. The Bertz CT molecular complexity index is 1000. The molecule has 1 aromatic heterocycles. The van der Waals surface area contributed by atoms with Crippen molar-refractivity contribution in [2.24, 2.45) is 0 Å². The molecule has 0 spiro atoms. The molecule has 7 nitrogen and oxygen atoms in total. The Balaban J connectivity index is 1.79. The van der Waals surface area contributed by atoms with Crippen LogP contribution < -0.4 is 20.1 Å². The summed E-state index contributed by atoms with van der Waals surface area (Å²) >= 11 is 0. The molecule has 162 valence electrons. The molecule has 0 aliphatic carbocycles. The van der Waals surface area contributed by atoms with Crippen molar-refractivity contribution in [3.05, 3.63) is 72.2 Å². The maximum absolute atomic E-state index is 12.5. The molecule has 2 amide bonds. The zero-order valence-electron chi connectivity index (χ0n) is 17.6. The lowest BCUT2D eigenvalue weighted by Crippen LogP contribution is -2.15. The van der Waals surface area contributed by atoms with Crippen LogP contribution in [0.15, 0.2) is 65.3 Å². The van der Waals surface area contributed by atoms with Gasteiger partial charge in [0, 0.05) is 18.6 Å². The highest BCUT2D eigenvalue weighted by molar-refractivity contribution is 6.04. The summed E-state index contributed by atoms with van der Waals surface area (Å²) in [4.78, 5) is 25.0. The van der Waals surface area contributed by atoms with E-state index in [-0.39, 0.29) is 11.7 Å². The third kappa shape index (κ3) is 6.12. The zero-order chi connectivity index (χ0) is 22.1. The van der Waals surface area contributed by atoms with Crippen LogP contribution in [0.1, 0.15) is 36.4 Å². The average molecular weight is 422 g/mol. The van der Waals surface area contributed by atoms with Crippen LogP contribution in [-0.2, 0) is 11.2 Å². The van der Waals surface area contributed by atoms with E-state index in [1.807, 2.05) is 44.2 Å². The van der Waals surface area contributed by atoms with Gasteiger partial charge in [-0.2, -0.15) is 0 Å². The predicted octanol–water partition coefficient (Wildman–Crippen LogP) is 4.90. The quantitative estimate of drug-likeness (QED) is 0.485. The molecule has 1 heterocycles. The van der Waals surface area contributed by atoms with Crippen molar-refractivity contribution in [3.8, 4) is 11.5 Å². The summed E-state index contributed by atoms with van der Waals surface area (Å²) in [6.07, 6.45) is 2.39. The van der Waals surface area contributed by atoms with E-state index in [2.05, 4.69) is 10.6 Å². The summed E-state index contributed by atoms with van der Waals surface area (Å²) in [6.45, 7) is 4.47. The van der Waals surface area contributed by atoms with Crippen molar-refractivity contribution in [1.82, 2.24) is 0 Å². The summed E-state index contributed by atoms with van der Waals surface area (Å²) in [5.74, 6) is 0.490. The Morgan fingerprint density at radius 2 is 1.52 bits per heavy atom. The number of carbonyl (C=O) groups excluding carboxylic acids is 2. The van der Waals surface area contributed by atoms with Gasteiger partial charge >= 0.3 is 0 Å². The van der Waals surface area contributed by atoms with Crippen LogP contribution in [-0.4, -0.2) is 25.0 Å². The molecule has 3 aromatic rings. The minimum Gasteiger partial charge on any atom is -0.492 e. The standard InChI is InChI=1S/C24H26N2O5/c1-3-29-21-16-19(26-24(28)20-11-8-14-31-20)22(30-4-2)15-18(21)25-23(27)13-12-17-9-6-5-7-10-17/h5-11,14-16H,3-4,12-13H2,1-2H3,(H,25,27)(H,26,28). The van der Waals surface area contributed by atoms with Gasteiger partial charge in [-0.25, -0.2) is 0 Å². The van der Waals surface area contributed by atoms with E-state index in [9.17, 15) is 9.59 Å². The number of furan rings is 1. The molecule has 2 aromatic carbocycles. The molecule has 0 aliphatic heterocycles. The smallest absolute Gasteiger partial charge is 0.291 e. The highest BCUT2D eigenvalue weighted by atomic mass is 16.5. The molecular formula is C24H26N2O5. The Morgan fingerprint density at radius 3 is 2.10 bits per heavy atom. The molecule has 0 fully saturated rings. The van der Waals surface area contributed by atoms with E-state index in [4.69, 9.17) is 13.9 Å². The number of rotatable bonds is 10. The highest BCUT2D eigenvalue weighted by Crippen LogP contribution is 2.37. The summed E-state index contributed by atoms with van der Waals surface area (Å²) in [5, 5.41) is 5.67. The van der Waals surface area contributed by atoms with Crippen molar-refractivity contribution in [1.29, 1.82) is 0 Å². The number of amides is 2. The molecule has 0 unspecified atom stereocenters. The fraction of sp³-hybridized carbons (Fsp3) is 0.250. The first-order valence-electron chi connectivity index (χ1n) is 10.2. The summed E-state index contributed by atoms with van der Waals surface area (Å²) in [6, 6.07) is 16.3. The first-order chi connectivity index (χ1) is 15.1. The predicted molar refractivity (Wildman–Crippen MR) is 119 cm³/mol. The first kappa shape index (κ1) is 22.0. The van der Waals surface area contributed by atoms with Gasteiger partial charge in [0.1, 0.15) is 11.5 Å². The van der Waals surface area contributed by atoms with Gasteiger partial charge in [0.25, 0.3) is 5.91 Å². The molecule has 0 saturated carbocycles. The van der Waals surface area contributed by atoms with Gasteiger partial charge in [-0.05, 0) is 38.0 Å². The number of carbonyl (C=O) groups is 2. The fourth-order valence-corrected chi connectivity index (χ4v) is 3.01. The van der Waals surface area contributed by atoms with Crippen LogP contribution in [0.5, 0.6) is 11.5 Å². The van der Waals surface area contributed by atoms with E-state index in [1.165, 1.54) is 6.26 Å². The number of aryl methyl sites for hydroxylation is 1. The Kier molecular flexibility index (Phi) is 7.70. The minimum atomic E-state index is -0.409. The van der Waals surface area contributed by atoms with E-state index < -0.39 is 5.91 Å². The maximum atomic E-state index is 12.5. The van der Waals surface area contributed by atoms with Crippen molar-refractivity contribution >= 4 is 23.2 Å². The second-order valence-corrected chi connectivity index (χ2v) is 6.68. The Hall–Kier alpha value is -3.74. The lowest BCUT2D eigenvalue weighted by Gasteiger charge is -2.17. The second kappa shape index (κ2) is 10.9. The Labute approximate surface area is 181 Å². The van der Waals surface area contributed by atoms with Crippen molar-refractivity contribution in [2.45, 2.75) is 26.7 Å². The molecule has 2 N–H and O–H groups in total. The lowest BCUT2D eigenvalue weighted by atomic mass is 10.1. The van der Waals surface area contributed by atoms with Gasteiger partial charge in [0.2, 0.25) is 5.91 Å². The molecule has 0 saturated heterocycles. The summed E-state index contributed by atoms with van der Waals surface area (Å²) in [7, 11) is 0. The maximum Gasteiger partial charge on any atom is 0.291 e. The zero-order valence-corrected chi connectivity index (χ0v) is 17.6. The fourth-order valence-electron chi connectivity index (χ4n) is 3.01. The van der Waals surface area contributed by atoms with Crippen molar-refractivity contribution < 1.29 is 23.5 Å². The molecule has 0 radical (unpaired) electrons. The number of nitrogens with one attached hydrogen (secondary N) is 2. The molecule has 7 heteroatoms. The van der Waals surface area contributed by atoms with Crippen LogP contribution in [0.2, 0.25) is 0 Å². The lowest BCUT2D eigenvalue weighted by molar-refractivity contribution is -0.116. The van der Waals surface area contributed by atoms with Crippen LogP contribution in [0.4, 0.5) is 11.4 Å². The Morgan fingerprint density at radius 1 is 0.871 bits per heavy atom. The molecule has 31 heavy (non-hydrogen) atoms. The summed E-state index contributed by atoms with van der Waals surface area (Å²) < 4.78 is 16.5. The number of anilines is 2. The minimum absolute atomic E-state index is 0.139. The van der Waals surface area contributed by atoms with E-state index >= 15 is 0 Å². The van der Waals surface area contributed by atoms with E-state index in [0.717, 1.165) is 5.56 Å². The highest BCUT2D eigenvalue weighted by Gasteiger charge is 2.18. The topological polar surface area (TPSA) is 89.8 Å². The van der Waals surface area contributed by atoms with Gasteiger partial charge in [0.05, 0.1) is 30.9 Å². The largest absolute Gasteiger partial charge is 0.492 e. The van der Waals surface area contributed by atoms with Crippen LogP contribution >= 0.6 is 0 Å². The van der Waals surface area contributed by atoms with Crippen LogP contribution in [0, 0.1) is 0 Å². The van der Waals surface area contributed by atoms with Gasteiger partial charge in [-0.15, -0.1) is 0 Å².